The van der Waals surface area contributed by atoms with Crippen molar-refractivity contribution in [2.24, 2.45) is 5.92 Å². The molecule has 0 saturated heterocycles. The summed E-state index contributed by atoms with van der Waals surface area (Å²) in [6.07, 6.45) is 1.01. The summed E-state index contributed by atoms with van der Waals surface area (Å²) in [5.74, 6) is 0.747. The average Bonchev–Trinajstić information content (AvgIpc) is 2.98. The third-order valence-electron chi connectivity index (χ3n) is 3.20. The van der Waals surface area contributed by atoms with Crippen molar-refractivity contribution in [1.82, 2.24) is 0 Å². The first-order chi connectivity index (χ1) is 9.63. The second kappa shape index (κ2) is 5.51. The van der Waals surface area contributed by atoms with Gasteiger partial charge in [-0.25, -0.2) is 0 Å². The van der Waals surface area contributed by atoms with E-state index in [1.165, 1.54) is 15.0 Å². The van der Waals surface area contributed by atoms with Crippen LogP contribution in [0.1, 0.15) is 34.6 Å². The van der Waals surface area contributed by atoms with Crippen molar-refractivity contribution in [2.45, 2.75) is 20.3 Å². The van der Waals surface area contributed by atoms with Crippen LogP contribution in [0.25, 0.3) is 9.40 Å². The summed E-state index contributed by atoms with van der Waals surface area (Å²) in [6, 6.07) is 12.1. The van der Waals surface area contributed by atoms with Crippen molar-refractivity contribution in [3.8, 4) is 0 Å². The number of rotatable bonds is 4. The first-order valence-corrected chi connectivity index (χ1v) is 8.44. The molecule has 0 saturated carbocycles. The molecular weight excluding hydrogens is 284 g/mol. The second-order valence-electron chi connectivity index (χ2n) is 5.39. The molecule has 0 aliphatic heterocycles. The van der Waals surface area contributed by atoms with Gasteiger partial charge < -0.3 is 0 Å². The Morgan fingerprint density at radius 3 is 2.75 bits per heavy atom. The molecule has 2 aromatic heterocycles. The van der Waals surface area contributed by atoms with E-state index >= 15 is 0 Å². The lowest BCUT2D eigenvalue weighted by molar-refractivity contribution is 0.104. The lowest BCUT2D eigenvalue weighted by atomic mass is 9.99. The van der Waals surface area contributed by atoms with E-state index < -0.39 is 0 Å². The highest BCUT2D eigenvalue weighted by Gasteiger charge is 2.13. The van der Waals surface area contributed by atoms with Crippen molar-refractivity contribution in [3.05, 3.63) is 57.8 Å². The Balaban J connectivity index is 1.91. The summed E-state index contributed by atoms with van der Waals surface area (Å²) in [4.78, 5) is 13.4. The predicted molar refractivity (Wildman–Crippen MR) is 88.1 cm³/mol. The Kier molecular flexibility index (Phi) is 3.72. The van der Waals surface area contributed by atoms with Gasteiger partial charge in [0.15, 0.2) is 0 Å². The fourth-order valence-electron chi connectivity index (χ4n) is 2.33. The molecule has 102 valence electrons. The van der Waals surface area contributed by atoms with Crippen molar-refractivity contribution >= 4 is 37.9 Å². The number of hydrogen-bond acceptors (Lipinski definition) is 3. The molecule has 2 heterocycles. The molecule has 3 rings (SSSR count). The SMILES string of the molecule is CC(C)Cc1cccc(C(=O)c2cc3sccc3s2)c1. The molecule has 0 spiro atoms. The molecular formula is C17H16OS2. The van der Waals surface area contributed by atoms with Crippen molar-refractivity contribution in [2.75, 3.05) is 0 Å². The maximum atomic E-state index is 12.6. The topological polar surface area (TPSA) is 17.1 Å². The molecule has 0 atom stereocenters. The smallest absolute Gasteiger partial charge is 0.203 e. The van der Waals surface area contributed by atoms with Crippen molar-refractivity contribution in [1.29, 1.82) is 0 Å². The number of hydrogen-bond donors (Lipinski definition) is 0. The number of fused-ring (bicyclic) bond motifs is 1. The van der Waals surface area contributed by atoms with Crippen LogP contribution in [0.3, 0.4) is 0 Å². The fourth-order valence-corrected chi connectivity index (χ4v) is 4.40. The van der Waals surface area contributed by atoms with Gasteiger partial charge in [-0.3, -0.25) is 4.79 Å². The monoisotopic (exact) mass is 300 g/mol. The van der Waals surface area contributed by atoms with E-state index in [4.69, 9.17) is 0 Å². The second-order valence-corrected chi connectivity index (χ2v) is 7.42. The highest BCUT2D eigenvalue weighted by Crippen LogP contribution is 2.31. The van der Waals surface area contributed by atoms with Crippen LogP contribution in [0.15, 0.2) is 41.8 Å². The minimum atomic E-state index is 0.143. The summed E-state index contributed by atoms with van der Waals surface area (Å²) < 4.78 is 2.41. The van der Waals surface area contributed by atoms with E-state index in [0.717, 1.165) is 16.9 Å². The van der Waals surface area contributed by atoms with Crippen LogP contribution in [0.5, 0.6) is 0 Å². The quantitative estimate of drug-likeness (QED) is 0.590. The number of thiophene rings is 2. The van der Waals surface area contributed by atoms with Crippen LogP contribution in [0, 0.1) is 5.92 Å². The van der Waals surface area contributed by atoms with Gasteiger partial charge in [-0.05, 0) is 41.5 Å². The number of carbonyl (C=O) groups is 1. The molecule has 0 aliphatic carbocycles. The summed E-state index contributed by atoms with van der Waals surface area (Å²) in [5.41, 5.74) is 2.04. The fraction of sp³-hybridized carbons (Fsp3) is 0.235. The van der Waals surface area contributed by atoms with Crippen LogP contribution in [-0.4, -0.2) is 5.78 Å². The first-order valence-electron chi connectivity index (χ1n) is 6.74. The molecule has 0 amide bonds. The minimum absolute atomic E-state index is 0.143. The normalized spacial score (nSPS) is 11.3. The average molecular weight is 300 g/mol. The molecule has 0 radical (unpaired) electrons. The van der Waals surface area contributed by atoms with Gasteiger partial charge in [-0.1, -0.05) is 32.0 Å². The van der Waals surface area contributed by atoms with Crippen LogP contribution >= 0.6 is 22.7 Å². The summed E-state index contributed by atoms with van der Waals surface area (Å²) >= 11 is 3.28. The minimum Gasteiger partial charge on any atom is -0.288 e. The number of carbonyl (C=O) groups excluding carboxylic acids is 1. The molecule has 3 aromatic rings. The molecule has 0 unspecified atom stereocenters. The van der Waals surface area contributed by atoms with Crippen LogP contribution in [-0.2, 0) is 6.42 Å². The van der Waals surface area contributed by atoms with Crippen LogP contribution in [0.2, 0.25) is 0 Å². The van der Waals surface area contributed by atoms with Gasteiger partial charge in [0.2, 0.25) is 5.78 Å². The number of benzene rings is 1. The highest BCUT2D eigenvalue weighted by molar-refractivity contribution is 7.28. The zero-order valence-corrected chi connectivity index (χ0v) is 13.2. The van der Waals surface area contributed by atoms with Crippen molar-refractivity contribution in [3.63, 3.8) is 0 Å². The summed E-state index contributed by atoms with van der Waals surface area (Å²) in [7, 11) is 0. The van der Waals surface area contributed by atoms with Crippen LogP contribution in [0.4, 0.5) is 0 Å². The van der Waals surface area contributed by atoms with Gasteiger partial charge in [0.05, 0.1) is 4.88 Å². The van der Waals surface area contributed by atoms with E-state index in [1.54, 1.807) is 22.7 Å². The van der Waals surface area contributed by atoms with Gasteiger partial charge in [0.25, 0.3) is 0 Å². The molecule has 1 aromatic carbocycles. The molecule has 0 aliphatic rings. The lowest BCUT2D eigenvalue weighted by Gasteiger charge is -2.06. The zero-order chi connectivity index (χ0) is 14.1. The van der Waals surface area contributed by atoms with E-state index in [2.05, 4.69) is 31.4 Å². The molecule has 20 heavy (non-hydrogen) atoms. The van der Waals surface area contributed by atoms with E-state index in [0.29, 0.717) is 5.92 Å². The Bertz CT molecular complexity index is 721. The third-order valence-corrected chi connectivity index (χ3v) is 5.29. The Morgan fingerprint density at radius 1 is 1.15 bits per heavy atom. The Labute approximate surface area is 126 Å². The molecule has 0 bridgehead atoms. The van der Waals surface area contributed by atoms with Crippen LogP contribution < -0.4 is 0 Å². The molecule has 1 nitrogen and oxygen atoms in total. The van der Waals surface area contributed by atoms with E-state index in [1.807, 2.05) is 24.3 Å². The lowest BCUT2D eigenvalue weighted by Crippen LogP contribution is -2.01. The molecule has 0 N–H and O–H groups in total. The van der Waals surface area contributed by atoms with Gasteiger partial charge in [-0.15, -0.1) is 22.7 Å². The summed E-state index contributed by atoms with van der Waals surface area (Å²) in [6.45, 7) is 4.39. The largest absolute Gasteiger partial charge is 0.288 e. The first kappa shape index (κ1) is 13.5. The highest BCUT2D eigenvalue weighted by atomic mass is 32.1. The van der Waals surface area contributed by atoms with Gasteiger partial charge >= 0.3 is 0 Å². The van der Waals surface area contributed by atoms with Gasteiger partial charge in [0, 0.05) is 15.0 Å². The third kappa shape index (κ3) is 2.69. The van der Waals surface area contributed by atoms with E-state index in [9.17, 15) is 4.79 Å². The van der Waals surface area contributed by atoms with Gasteiger partial charge in [-0.2, -0.15) is 0 Å². The van der Waals surface area contributed by atoms with Gasteiger partial charge in [0.1, 0.15) is 0 Å². The maximum Gasteiger partial charge on any atom is 0.203 e. The van der Waals surface area contributed by atoms with Crippen molar-refractivity contribution < 1.29 is 4.79 Å². The predicted octanol–water partition coefficient (Wildman–Crippen LogP) is 5.39. The number of ketones is 1. The van der Waals surface area contributed by atoms with E-state index in [-0.39, 0.29) is 5.78 Å². The molecule has 3 heteroatoms. The Hall–Kier alpha value is -1.45. The standard InChI is InChI=1S/C17H16OS2/c1-11(2)8-12-4-3-5-13(9-12)17(18)16-10-15-14(20-16)6-7-19-15/h3-7,9-11H,8H2,1-2H3. The zero-order valence-electron chi connectivity index (χ0n) is 11.6. The molecule has 0 fully saturated rings. The summed E-state index contributed by atoms with van der Waals surface area (Å²) in [5, 5.41) is 2.07. The maximum absolute atomic E-state index is 12.6. The Morgan fingerprint density at radius 2 is 2.00 bits per heavy atom.